The highest BCUT2D eigenvalue weighted by Gasteiger charge is 2.33. The number of carbonyl (C=O) groups is 2. The van der Waals surface area contributed by atoms with E-state index in [1.807, 2.05) is 82.3 Å². The molecule has 9 heteroatoms. The lowest BCUT2D eigenvalue weighted by molar-refractivity contribution is -0.140. The largest absolute Gasteiger partial charge is 0.494 e. The highest BCUT2D eigenvalue weighted by atomic mass is 32.2. The number of hydrogen-bond acceptors (Lipinski definition) is 5. The van der Waals surface area contributed by atoms with Gasteiger partial charge < -0.3 is 15.0 Å². The first-order chi connectivity index (χ1) is 19.5. The first kappa shape index (κ1) is 31.7. The van der Waals surface area contributed by atoms with Gasteiger partial charge in [-0.3, -0.25) is 13.9 Å². The molecule has 0 aliphatic carbocycles. The van der Waals surface area contributed by atoms with Crippen molar-refractivity contribution in [2.24, 2.45) is 0 Å². The van der Waals surface area contributed by atoms with Gasteiger partial charge in [-0.05, 0) is 62.6 Å². The molecular weight excluding hydrogens is 538 g/mol. The smallest absolute Gasteiger partial charge is 0.244 e. The summed E-state index contributed by atoms with van der Waals surface area (Å²) >= 11 is 0. The zero-order valence-electron chi connectivity index (χ0n) is 24.5. The molecule has 0 saturated heterocycles. The average molecular weight is 580 g/mol. The Morgan fingerprint density at radius 3 is 2.10 bits per heavy atom. The Bertz CT molecular complexity index is 1380. The molecule has 0 saturated carbocycles. The minimum absolute atomic E-state index is 0.0894. The van der Waals surface area contributed by atoms with E-state index in [1.165, 1.54) is 4.90 Å². The number of nitrogens with one attached hydrogen (secondary N) is 1. The molecule has 0 fully saturated rings. The molecule has 2 amide bonds. The summed E-state index contributed by atoms with van der Waals surface area (Å²) in [4.78, 5) is 29.3. The standard InChI is InChI=1S/C32H41N3O5S/c1-6-25(4)33-32(37)30(21-26-11-9-8-10-12-26)34(22-27-15-13-24(3)14-16-27)31(36)23-35(41(5,38)39)28-17-19-29(20-18-28)40-7-2/h8-20,25,30H,6-7,21-23H2,1-5H3,(H,33,37)/t25-,30+/m0/s1. The van der Waals surface area contributed by atoms with Crippen LogP contribution >= 0.6 is 0 Å². The maximum Gasteiger partial charge on any atom is 0.244 e. The first-order valence-electron chi connectivity index (χ1n) is 13.9. The molecule has 0 radical (unpaired) electrons. The second kappa shape index (κ2) is 14.7. The van der Waals surface area contributed by atoms with Gasteiger partial charge in [0.05, 0.1) is 18.6 Å². The minimum Gasteiger partial charge on any atom is -0.494 e. The highest BCUT2D eigenvalue weighted by molar-refractivity contribution is 7.92. The average Bonchev–Trinajstić information content (AvgIpc) is 2.95. The molecule has 41 heavy (non-hydrogen) atoms. The van der Waals surface area contributed by atoms with Gasteiger partial charge in [0.2, 0.25) is 21.8 Å². The zero-order chi connectivity index (χ0) is 30.0. The SMILES string of the molecule is CCOc1ccc(N(CC(=O)N(Cc2ccc(C)cc2)[C@H](Cc2ccccc2)C(=O)N[C@@H](C)CC)S(C)(=O)=O)cc1. The van der Waals surface area contributed by atoms with Crippen LogP contribution in [0.5, 0.6) is 5.75 Å². The van der Waals surface area contributed by atoms with Crippen molar-refractivity contribution in [2.75, 3.05) is 23.7 Å². The predicted octanol–water partition coefficient (Wildman–Crippen LogP) is 4.71. The van der Waals surface area contributed by atoms with Crippen molar-refractivity contribution in [3.63, 3.8) is 0 Å². The van der Waals surface area contributed by atoms with Gasteiger partial charge in [-0.25, -0.2) is 8.42 Å². The molecule has 0 aliphatic heterocycles. The molecule has 3 rings (SSSR count). The normalized spacial score (nSPS) is 12.7. The van der Waals surface area contributed by atoms with Crippen LogP contribution < -0.4 is 14.4 Å². The quantitative estimate of drug-likeness (QED) is 0.298. The Kier molecular flexibility index (Phi) is 11.3. The second-order valence-corrected chi connectivity index (χ2v) is 12.1. The lowest BCUT2D eigenvalue weighted by Crippen LogP contribution is -2.54. The van der Waals surface area contributed by atoms with Gasteiger partial charge >= 0.3 is 0 Å². The molecule has 8 nitrogen and oxygen atoms in total. The van der Waals surface area contributed by atoms with Crippen LogP contribution in [0.2, 0.25) is 0 Å². The number of benzene rings is 3. The number of amides is 2. The maximum atomic E-state index is 14.1. The molecule has 3 aromatic rings. The lowest BCUT2D eigenvalue weighted by atomic mass is 10.0. The summed E-state index contributed by atoms with van der Waals surface area (Å²) in [5.74, 6) is -0.164. The Labute approximate surface area is 244 Å². The van der Waals surface area contributed by atoms with Crippen molar-refractivity contribution < 1.29 is 22.7 Å². The molecule has 220 valence electrons. The number of anilines is 1. The third-order valence-corrected chi connectivity index (χ3v) is 8.00. The maximum absolute atomic E-state index is 14.1. The minimum atomic E-state index is -3.83. The van der Waals surface area contributed by atoms with Crippen LogP contribution in [0.25, 0.3) is 0 Å². The van der Waals surface area contributed by atoms with Gasteiger partial charge in [-0.1, -0.05) is 67.1 Å². The topological polar surface area (TPSA) is 96.0 Å². The molecule has 0 bridgehead atoms. The van der Waals surface area contributed by atoms with Crippen molar-refractivity contribution >= 4 is 27.5 Å². The predicted molar refractivity (Wildman–Crippen MR) is 163 cm³/mol. The van der Waals surface area contributed by atoms with Gasteiger partial charge in [0.15, 0.2) is 0 Å². The summed E-state index contributed by atoms with van der Waals surface area (Å²) < 4.78 is 32.4. The summed E-state index contributed by atoms with van der Waals surface area (Å²) in [7, 11) is -3.83. The van der Waals surface area contributed by atoms with Crippen LogP contribution in [-0.4, -0.2) is 56.6 Å². The summed E-state index contributed by atoms with van der Waals surface area (Å²) in [6.45, 7) is 7.90. The molecule has 0 aliphatic rings. The van der Waals surface area contributed by atoms with E-state index in [1.54, 1.807) is 24.3 Å². The van der Waals surface area contributed by atoms with Crippen molar-refractivity contribution in [3.05, 3.63) is 95.6 Å². The first-order valence-corrected chi connectivity index (χ1v) is 15.8. The number of hydrogen-bond donors (Lipinski definition) is 1. The van der Waals surface area contributed by atoms with E-state index in [2.05, 4.69) is 5.32 Å². The van der Waals surface area contributed by atoms with Gasteiger partial charge in [-0.2, -0.15) is 0 Å². The van der Waals surface area contributed by atoms with E-state index in [0.29, 0.717) is 18.0 Å². The van der Waals surface area contributed by atoms with Crippen LogP contribution in [0, 0.1) is 6.92 Å². The van der Waals surface area contributed by atoms with Crippen molar-refractivity contribution in [3.8, 4) is 5.75 Å². The van der Waals surface area contributed by atoms with Crippen LogP contribution in [0.4, 0.5) is 5.69 Å². The van der Waals surface area contributed by atoms with E-state index in [4.69, 9.17) is 4.74 Å². The molecule has 0 heterocycles. The number of sulfonamides is 1. The summed E-state index contributed by atoms with van der Waals surface area (Å²) in [6.07, 6.45) is 2.08. The Hall–Kier alpha value is -3.85. The number of nitrogens with zero attached hydrogens (tertiary/aromatic N) is 2. The number of aryl methyl sites for hydroxylation is 1. The molecular formula is C32H41N3O5S. The fraction of sp³-hybridized carbons (Fsp3) is 0.375. The summed E-state index contributed by atoms with van der Waals surface area (Å²) in [5.41, 5.74) is 3.14. The Balaban J connectivity index is 2.03. The number of rotatable bonds is 14. The monoisotopic (exact) mass is 579 g/mol. The third kappa shape index (κ3) is 9.35. The van der Waals surface area contributed by atoms with E-state index in [-0.39, 0.29) is 24.9 Å². The van der Waals surface area contributed by atoms with Crippen LogP contribution in [0.1, 0.15) is 43.9 Å². The fourth-order valence-electron chi connectivity index (χ4n) is 4.37. The molecule has 0 aromatic heterocycles. The van der Waals surface area contributed by atoms with Crippen molar-refractivity contribution in [1.82, 2.24) is 10.2 Å². The third-order valence-electron chi connectivity index (χ3n) is 6.86. The molecule has 2 atom stereocenters. The molecule has 3 aromatic carbocycles. The second-order valence-electron chi connectivity index (χ2n) is 10.2. The van der Waals surface area contributed by atoms with E-state index < -0.39 is 28.5 Å². The van der Waals surface area contributed by atoms with Crippen LogP contribution in [0.15, 0.2) is 78.9 Å². The van der Waals surface area contributed by atoms with E-state index >= 15 is 0 Å². The van der Waals surface area contributed by atoms with Crippen molar-refractivity contribution in [1.29, 1.82) is 0 Å². The molecule has 1 N–H and O–H groups in total. The van der Waals surface area contributed by atoms with Gasteiger partial charge in [0.25, 0.3) is 0 Å². The highest BCUT2D eigenvalue weighted by Crippen LogP contribution is 2.23. The van der Waals surface area contributed by atoms with E-state index in [9.17, 15) is 18.0 Å². The number of carbonyl (C=O) groups excluding carboxylic acids is 2. The zero-order valence-corrected chi connectivity index (χ0v) is 25.4. The summed E-state index contributed by atoms with van der Waals surface area (Å²) in [5, 5.41) is 3.03. The van der Waals surface area contributed by atoms with Crippen molar-refractivity contribution in [2.45, 2.75) is 59.2 Å². The Morgan fingerprint density at radius 1 is 0.902 bits per heavy atom. The van der Waals surface area contributed by atoms with Crippen LogP contribution in [-0.2, 0) is 32.6 Å². The van der Waals surface area contributed by atoms with Gasteiger partial charge in [0.1, 0.15) is 18.3 Å². The lowest BCUT2D eigenvalue weighted by Gasteiger charge is -2.34. The van der Waals surface area contributed by atoms with E-state index in [0.717, 1.165) is 33.7 Å². The molecule has 0 spiro atoms. The van der Waals surface area contributed by atoms with Crippen LogP contribution in [0.3, 0.4) is 0 Å². The van der Waals surface area contributed by atoms with Gasteiger partial charge in [0, 0.05) is 19.0 Å². The summed E-state index contributed by atoms with van der Waals surface area (Å²) in [6, 6.07) is 22.9. The van der Waals surface area contributed by atoms with Gasteiger partial charge in [-0.15, -0.1) is 0 Å². The number of ether oxygens (including phenoxy) is 1. The Morgan fingerprint density at radius 2 is 1.54 bits per heavy atom. The molecule has 0 unspecified atom stereocenters. The fourth-order valence-corrected chi connectivity index (χ4v) is 5.22.